The third kappa shape index (κ3) is 5.01. The van der Waals surface area contributed by atoms with Crippen LogP contribution in [0.4, 0.5) is 11.6 Å². The largest absolute Gasteiger partial charge is 0.494 e. The first kappa shape index (κ1) is 20.7. The van der Waals surface area contributed by atoms with Crippen molar-refractivity contribution in [1.29, 1.82) is 0 Å². The average molecular weight is 443 g/mol. The Morgan fingerprint density at radius 1 is 0.758 bits per heavy atom. The number of hydrogen-bond donors (Lipinski definition) is 3. The molecule has 3 aromatic heterocycles. The highest BCUT2D eigenvalue weighted by atomic mass is 16.5. The molecule has 33 heavy (non-hydrogen) atoms. The molecule has 168 valence electrons. The van der Waals surface area contributed by atoms with E-state index in [2.05, 4.69) is 25.9 Å². The fraction of sp³-hybridized carbons (Fsp3) is 0.200. The molecule has 0 spiro atoms. The monoisotopic (exact) mass is 442 g/mol. The van der Waals surface area contributed by atoms with E-state index in [4.69, 9.17) is 20.9 Å². The van der Waals surface area contributed by atoms with Crippen LogP contribution < -0.4 is 20.9 Å². The summed E-state index contributed by atoms with van der Waals surface area (Å²) in [6.45, 7) is 2.08. The second kappa shape index (κ2) is 9.12. The second-order valence-corrected chi connectivity index (χ2v) is 7.99. The molecule has 0 atom stereocenters. The number of anilines is 2. The lowest BCUT2D eigenvalue weighted by Crippen LogP contribution is -2.15. The lowest BCUT2D eigenvalue weighted by Gasteiger charge is -2.16. The molecule has 0 fully saturated rings. The molecule has 5 aromatic rings. The lowest BCUT2D eigenvalue weighted by atomic mass is 10.2. The highest BCUT2D eigenvalue weighted by molar-refractivity contribution is 5.82. The summed E-state index contributed by atoms with van der Waals surface area (Å²) in [5.74, 6) is 2.70. The molecule has 0 saturated carbocycles. The number of aromatic amines is 1. The number of aromatic nitrogens is 4. The van der Waals surface area contributed by atoms with E-state index >= 15 is 0 Å². The van der Waals surface area contributed by atoms with Crippen LogP contribution in [-0.4, -0.2) is 26.4 Å². The van der Waals surface area contributed by atoms with Crippen molar-refractivity contribution in [2.45, 2.75) is 26.0 Å². The van der Waals surface area contributed by atoms with Crippen LogP contribution >= 0.6 is 0 Å². The topological polar surface area (TPSA) is 117 Å². The Morgan fingerprint density at radius 3 is 2.00 bits per heavy atom. The Kier molecular flexibility index (Phi) is 5.72. The molecule has 5 rings (SSSR count). The van der Waals surface area contributed by atoms with Crippen molar-refractivity contribution >= 4 is 33.4 Å². The van der Waals surface area contributed by atoms with Gasteiger partial charge in [0.1, 0.15) is 29.7 Å². The first-order valence-electron chi connectivity index (χ1n) is 10.9. The Morgan fingerprint density at radius 2 is 1.36 bits per heavy atom. The number of pyridine rings is 2. The number of hydrogen-bond acceptors (Lipinski definition) is 6. The zero-order valence-corrected chi connectivity index (χ0v) is 18.2. The number of nitrogens with zero attached hydrogens (tertiary/aromatic N) is 3. The number of rotatable bonds is 9. The van der Waals surface area contributed by atoms with E-state index in [0.717, 1.165) is 58.4 Å². The van der Waals surface area contributed by atoms with Gasteiger partial charge < -0.3 is 20.9 Å². The van der Waals surface area contributed by atoms with Gasteiger partial charge in [0.05, 0.1) is 23.3 Å². The molecule has 0 amide bonds. The Bertz CT molecular complexity index is 1380. The third-order valence-corrected chi connectivity index (χ3v) is 5.42. The SMILES string of the molecule is Nc1ccc2cc(OCCCCn3cc(COc4ccc5nc(N)ccc5c4)[nH]3)ccc2n1. The van der Waals surface area contributed by atoms with Gasteiger partial charge in [-0.05, 0) is 73.5 Å². The molecule has 0 aliphatic carbocycles. The fourth-order valence-electron chi connectivity index (χ4n) is 3.71. The maximum Gasteiger partial charge on any atom is 0.131 e. The summed E-state index contributed by atoms with van der Waals surface area (Å²) < 4.78 is 13.8. The number of nitrogens with two attached hydrogens (primary N) is 2. The van der Waals surface area contributed by atoms with Crippen LogP contribution in [0.25, 0.3) is 21.8 Å². The van der Waals surface area contributed by atoms with Gasteiger partial charge in [-0.15, -0.1) is 0 Å². The van der Waals surface area contributed by atoms with Crippen LogP contribution in [0.1, 0.15) is 18.5 Å². The van der Waals surface area contributed by atoms with Crippen molar-refractivity contribution in [3.63, 3.8) is 0 Å². The quantitative estimate of drug-likeness (QED) is 0.289. The van der Waals surface area contributed by atoms with Gasteiger partial charge in [-0.2, -0.15) is 0 Å². The number of unbranched alkanes of at least 4 members (excludes halogenated alkanes) is 1. The zero-order chi connectivity index (χ0) is 22.6. The molecule has 0 aliphatic rings. The number of H-pyrrole nitrogens is 1. The van der Waals surface area contributed by atoms with E-state index in [0.29, 0.717) is 24.8 Å². The van der Waals surface area contributed by atoms with Crippen LogP contribution in [0.15, 0.2) is 66.9 Å². The molecule has 0 aliphatic heterocycles. The highest BCUT2D eigenvalue weighted by Crippen LogP contribution is 2.22. The first-order valence-corrected chi connectivity index (χ1v) is 10.9. The van der Waals surface area contributed by atoms with Gasteiger partial charge in [-0.1, -0.05) is 0 Å². The van der Waals surface area contributed by atoms with E-state index in [1.54, 1.807) is 12.1 Å². The third-order valence-electron chi connectivity index (χ3n) is 5.42. The zero-order valence-electron chi connectivity index (χ0n) is 18.2. The van der Waals surface area contributed by atoms with Crippen molar-refractivity contribution in [2.24, 2.45) is 0 Å². The Balaban J connectivity index is 1.02. The Labute approximate surface area is 191 Å². The van der Waals surface area contributed by atoms with Gasteiger partial charge >= 0.3 is 0 Å². The maximum absolute atomic E-state index is 5.88. The smallest absolute Gasteiger partial charge is 0.131 e. The first-order chi connectivity index (χ1) is 16.1. The highest BCUT2D eigenvalue weighted by Gasteiger charge is 2.05. The van der Waals surface area contributed by atoms with Crippen molar-refractivity contribution < 1.29 is 9.47 Å². The van der Waals surface area contributed by atoms with Crippen LogP contribution in [0.5, 0.6) is 11.5 Å². The molecule has 0 radical (unpaired) electrons. The predicted octanol–water partition coefficient (Wildman–Crippen LogP) is 4.52. The van der Waals surface area contributed by atoms with Crippen molar-refractivity contribution in [1.82, 2.24) is 19.7 Å². The molecular weight excluding hydrogens is 416 g/mol. The molecule has 0 unspecified atom stereocenters. The van der Waals surface area contributed by atoms with Crippen LogP contribution in [0.2, 0.25) is 0 Å². The van der Waals surface area contributed by atoms with Gasteiger partial charge in [-0.3, -0.25) is 9.78 Å². The number of nitrogens with one attached hydrogen (secondary N) is 1. The normalized spacial score (nSPS) is 11.3. The van der Waals surface area contributed by atoms with Crippen LogP contribution in [0.3, 0.4) is 0 Å². The molecule has 0 saturated heterocycles. The molecule has 8 heteroatoms. The number of nitrogen functional groups attached to an aromatic ring is 2. The second-order valence-electron chi connectivity index (χ2n) is 7.99. The Hall–Kier alpha value is -4.20. The van der Waals surface area contributed by atoms with Crippen molar-refractivity contribution in [3.05, 3.63) is 72.6 Å². The fourth-order valence-corrected chi connectivity index (χ4v) is 3.71. The van der Waals surface area contributed by atoms with Gasteiger partial charge in [-0.25, -0.2) is 9.97 Å². The van der Waals surface area contributed by atoms with E-state index in [1.807, 2.05) is 48.5 Å². The average Bonchev–Trinajstić information content (AvgIpc) is 2.79. The minimum absolute atomic E-state index is 0.496. The van der Waals surface area contributed by atoms with E-state index in [1.165, 1.54) is 0 Å². The number of fused-ring (bicyclic) bond motifs is 2. The van der Waals surface area contributed by atoms with Crippen LogP contribution in [0, 0.1) is 0 Å². The summed E-state index contributed by atoms with van der Waals surface area (Å²) in [4.78, 5) is 8.60. The molecule has 5 N–H and O–H groups in total. The van der Waals surface area contributed by atoms with Gasteiger partial charge in [0.25, 0.3) is 0 Å². The number of benzene rings is 2. The van der Waals surface area contributed by atoms with Gasteiger partial charge in [0, 0.05) is 23.5 Å². The number of aryl methyl sites for hydroxylation is 1. The van der Waals surface area contributed by atoms with Gasteiger partial charge in [0.2, 0.25) is 0 Å². The van der Waals surface area contributed by atoms with Crippen LogP contribution in [-0.2, 0) is 13.2 Å². The predicted molar refractivity (Wildman–Crippen MR) is 130 cm³/mol. The summed E-state index contributed by atoms with van der Waals surface area (Å²) in [6.07, 6.45) is 4.06. The van der Waals surface area contributed by atoms with Gasteiger partial charge in [0.15, 0.2) is 0 Å². The molecule has 3 heterocycles. The summed E-state index contributed by atoms with van der Waals surface area (Å²) in [5.41, 5.74) is 14.2. The van der Waals surface area contributed by atoms with E-state index < -0.39 is 0 Å². The lowest BCUT2D eigenvalue weighted by molar-refractivity contribution is 0.283. The summed E-state index contributed by atoms with van der Waals surface area (Å²) >= 11 is 0. The summed E-state index contributed by atoms with van der Waals surface area (Å²) in [7, 11) is 0. The summed E-state index contributed by atoms with van der Waals surface area (Å²) in [5, 5.41) is 5.34. The molecule has 8 nitrogen and oxygen atoms in total. The summed E-state index contributed by atoms with van der Waals surface area (Å²) in [6, 6.07) is 19.2. The molecule has 2 aromatic carbocycles. The minimum Gasteiger partial charge on any atom is -0.494 e. The van der Waals surface area contributed by atoms with Crippen molar-refractivity contribution in [3.8, 4) is 11.5 Å². The maximum atomic E-state index is 5.88. The molecular formula is C25H26N6O2. The minimum atomic E-state index is 0.496. The van der Waals surface area contributed by atoms with E-state index in [-0.39, 0.29) is 0 Å². The van der Waals surface area contributed by atoms with E-state index in [9.17, 15) is 0 Å². The number of ether oxygens (including phenoxy) is 2. The standard InChI is InChI=1S/C25H26N6O2/c26-24-9-3-17-13-20(5-7-22(17)28-24)32-12-2-1-11-31-15-19(30-31)16-33-21-6-8-23-18(14-21)4-10-25(27)29-23/h3-10,13-15,30H,1-2,11-12,16H2,(H2,26,28)(H2,27,29). The van der Waals surface area contributed by atoms with Crippen molar-refractivity contribution in [2.75, 3.05) is 18.1 Å². The molecule has 0 bridgehead atoms.